The summed E-state index contributed by atoms with van der Waals surface area (Å²) < 4.78 is 5.64. The highest BCUT2D eigenvalue weighted by molar-refractivity contribution is 5.91. The van der Waals surface area contributed by atoms with E-state index in [0.717, 1.165) is 28.1 Å². The Bertz CT molecular complexity index is 635. The molecule has 2 aromatic carbocycles. The van der Waals surface area contributed by atoms with Crippen molar-refractivity contribution in [3.8, 4) is 5.75 Å². The molecule has 0 aliphatic carbocycles. The van der Waals surface area contributed by atoms with Gasteiger partial charge in [-0.2, -0.15) is 0 Å². The zero-order valence-electron chi connectivity index (χ0n) is 12.8. The number of ether oxygens (including phenoxy) is 1. The molecule has 0 radical (unpaired) electrons. The van der Waals surface area contributed by atoms with Crippen molar-refractivity contribution in [2.45, 2.75) is 27.2 Å². The number of rotatable bonds is 5. The Morgan fingerprint density at radius 2 is 1.81 bits per heavy atom. The largest absolute Gasteiger partial charge is 0.493 e. The minimum atomic E-state index is -0.0303. The standard InChI is InChI=1S/C18H21NO2/c1-13-8-9-14(2)16(12-13)19-18(20)10-11-21-17-7-5-4-6-15(17)3/h4-9,12H,10-11H2,1-3H3,(H,19,20). The van der Waals surface area contributed by atoms with Crippen LogP contribution in [-0.4, -0.2) is 12.5 Å². The molecule has 0 unspecified atom stereocenters. The third-order valence-electron chi connectivity index (χ3n) is 3.35. The Labute approximate surface area is 126 Å². The van der Waals surface area contributed by atoms with Crippen LogP contribution < -0.4 is 10.1 Å². The lowest BCUT2D eigenvalue weighted by molar-refractivity contribution is -0.116. The summed E-state index contributed by atoms with van der Waals surface area (Å²) in [6.07, 6.45) is 0.335. The van der Waals surface area contributed by atoms with Gasteiger partial charge in [0.05, 0.1) is 13.0 Å². The molecule has 2 aromatic rings. The molecule has 3 heteroatoms. The molecule has 0 spiro atoms. The number of anilines is 1. The molecule has 0 aromatic heterocycles. The van der Waals surface area contributed by atoms with Crippen molar-refractivity contribution in [1.82, 2.24) is 0 Å². The molecular formula is C18H21NO2. The predicted octanol–water partition coefficient (Wildman–Crippen LogP) is 4.02. The second-order valence-corrected chi connectivity index (χ2v) is 5.23. The van der Waals surface area contributed by atoms with Crippen molar-refractivity contribution < 1.29 is 9.53 Å². The van der Waals surface area contributed by atoms with E-state index in [2.05, 4.69) is 5.32 Å². The molecular weight excluding hydrogens is 262 g/mol. The smallest absolute Gasteiger partial charge is 0.227 e. The van der Waals surface area contributed by atoms with Crippen molar-refractivity contribution >= 4 is 11.6 Å². The third kappa shape index (κ3) is 4.35. The number of aryl methyl sites for hydroxylation is 3. The first-order valence-corrected chi connectivity index (χ1v) is 7.12. The van der Waals surface area contributed by atoms with Gasteiger partial charge in [0.2, 0.25) is 5.91 Å². The van der Waals surface area contributed by atoms with Crippen molar-refractivity contribution in [2.24, 2.45) is 0 Å². The summed E-state index contributed by atoms with van der Waals surface area (Å²) in [5.41, 5.74) is 4.14. The Morgan fingerprint density at radius 1 is 1.05 bits per heavy atom. The number of carbonyl (C=O) groups excluding carboxylic acids is 1. The Hall–Kier alpha value is -2.29. The van der Waals surface area contributed by atoms with Gasteiger partial charge >= 0.3 is 0 Å². The van der Waals surface area contributed by atoms with E-state index in [4.69, 9.17) is 4.74 Å². The maximum atomic E-state index is 12.0. The maximum Gasteiger partial charge on any atom is 0.227 e. The Kier molecular flexibility index (Phi) is 4.99. The van der Waals surface area contributed by atoms with Gasteiger partial charge < -0.3 is 10.1 Å². The van der Waals surface area contributed by atoms with Crippen LogP contribution in [0.5, 0.6) is 5.75 Å². The van der Waals surface area contributed by atoms with Gasteiger partial charge in [-0.05, 0) is 49.6 Å². The third-order valence-corrected chi connectivity index (χ3v) is 3.35. The number of amides is 1. The van der Waals surface area contributed by atoms with Gasteiger partial charge in [0.15, 0.2) is 0 Å². The summed E-state index contributed by atoms with van der Waals surface area (Å²) in [6, 6.07) is 13.8. The topological polar surface area (TPSA) is 38.3 Å². The summed E-state index contributed by atoms with van der Waals surface area (Å²) in [5, 5.41) is 2.93. The Balaban J connectivity index is 1.85. The van der Waals surface area contributed by atoms with Gasteiger partial charge in [-0.3, -0.25) is 4.79 Å². The van der Waals surface area contributed by atoms with E-state index in [-0.39, 0.29) is 5.91 Å². The zero-order chi connectivity index (χ0) is 15.2. The second-order valence-electron chi connectivity index (χ2n) is 5.23. The zero-order valence-corrected chi connectivity index (χ0v) is 12.8. The van der Waals surface area contributed by atoms with E-state index in [1.807, 2.05) is 63.2 Å². The molecule has 0 saturated heterocycles. The molecule has 0 aliphatic heterocycles. The van der Waals surface area contributed by atoms with Crippen LogP contribution in [0.25, 0.3) is 0 Å². The van der Waals surface area contributed by atoms with Crippen LogP contribution in [0, 0.1) is 20.8 Å². The van der Waals surface area contributed by atoms with Crippen molar-refractivity contribution in [2.75, 3.05) is 11.9 Å². The SMILES string of the molecule is Cc1ccc(C)c(NC(=O)CCOc2ccccc2C)c1. The van der Waals surface area contributed by atoms with Crippen molar-refractivity contribution in [1.29, 1.82) is 0 Å². The summed E-state index contributed by atoms with van der Waals surface area (Å²) in [7, 11) is 0. The molecule has 0 aliphatic rings. The van der Waals surface area contributed by atoms with Crippen molar-refractivity contribution in [3.05, 3.63) is 59.2 Å². The lowest BCUT2D eigenvalue weighted by Gasteiger charge is -2.11. The van der Waals surface area contributed by atoms with E-state index in [0.29, 0.717) is 13.0 Å². The van der Waals surface area contributed by atoms with Crippen LogP contribution in [0.1, 0.15) is 23.1 Å². The molecule has 110 valence electrons. The molecule has 2 rings (SSSR count). The fourth-order valence-electron chi connectivity index (χ4n) is 2.06. The fraction of sp³-hybridized carbons (Fsp3) is 0.278. The van der Waals surface area contributed by atoms with Crippen molar-refractivity contribution in [3.63, 3.8) is 0 Å². The highest BCUT2D eigenvalue weighted by atomic mass is 16.5. The summed E-state index contributed by atoms with van der Waals surface area (Å²) in [5.74, 6) is 0.800. The lowest BCUT2D eigenvalue weighted by Crippen LogP contribution is -2.16. The number of nitrogens with one attached hydrogen (secondary N) is 1. The predicted molar refractivity (Wildman–Crippen MR) is 85.8 cm³/mol. The number of para-hydroxylation sites is 1. The molecule has 21 heavy (non-hydrogen) atoms. The molecule has 3 nitrogen and oxygen atoms in total. The first kappa shape index (κ1) is 15.1. The molecule has 0 bridgehead atoms. The van der Waals surface area contributed by atoms with Crippen LogP contribution in [0.2, 0.25) is 0 Å². The van der Waals surface area contributed by atoms with E-state index in [1.165, 1.54) is 0 Å². The summed E-state index contributed by atoms with van der Waals surface area (Å²) in [4.78, 5) is 12.0. The first-order valence-electron chi connectivity index (χ1n) is 7.12. The molecule has 0 fully saturated rings. The van der Waals surface area contributed by atoms with E-state index < -0.39 is 0 Å². The quantitative estimate of drug-likeness (QED) is 0.900. The molecule has 0 saturated carbocycles. The van der Waals surface area contributed by atoms with Gasteiger partial charge in [-0.1, -0.05) is 30.3 Å². The summed E-state index contributed by atoms with van der Waals surface area (Å²) >= 11 is 0. The van der Waals surface area contributed by atoms with Crippen LogP contribution in [0.15, 0.2) is 42.5 Å². The fourth-order valence-corrected chi connectivity index (χ4v) is 2.06. The number of hydrogen-bond donors (Lipinski definition) is 1. The highest BCUT2D eigenvalue weighted by Gasteiger charge is 2.06. The number of hydrogen-bond acceptors (Lipinski definition) is 2. The second kappa shape index (κ2) is 6.93. The monoisotopic (exact) mass is 283 g/mol. The summed E-state index contributed by atoms with van der Waals surface area (Å²) in [6.45, 7) is 6.36. The lowest BCUT2D eigenvalue weighted by atomic mass is 10.1. The minimum Gasteiger partial charge on any atom is -0.493 e. The molecule has 0 heterocycles. The highest BCUT2D eigenvalue weighted by Crippen LogP contribution is 2.18. The van der Waals surface area contributed by atoms with Crippen LogP contribution in [0.3, 0.4) is 0 Å². The first-order chi connectivity index (χ1) is 10.1. The molecule has 1 N–H and O–H groups in total. The normalized spacial score (nSPS) is 10.2. The average molecular weight is 283 g/mol. The van der Waals surface area contributed by atoms with Crippen LogP contribution in [0.4, 0.5) is 5.69 Å². The van der Waals surface area contributed by atoms with E-state index in [9.17, 15) is 4.79 Å². The van der Waals surface area contributed by atoms with Gasteiger partial charge in [0.1, 0.15) is 5.75 Å². The molecule has 1 amide bonds. The van der Waals surface area contributed by atoms with E-state index in [1.54, 1.807) is 0 Å². The number of carbonyl (C=O) groups is 1. The maximum absolute atomic E-state index is 12.0. The average Bonchev–Trinajstić information content (AvgIpc) is 2.45. The van der Waals surface area contributed by atoms with Gasteiger partial charge in [0.25, 0.3) is 0 Å². The van der Waals surface area contributed by atoms with E-state index >= 15 is 0 Å². The van der Waals surface area contributed by atoms with Crippen LogP contribution in [-0.2, 0) is 4.79 Å². The van der Waals surface area contributed by atoms with Gasteiger partial charge in [0, 0.05) is 5.69 Å². The molecule has 0 atom stereocenters. The number of benzene rings is 2. The Morgan fingerprint density at radius 3 is 2.57 bits per heavy atom. The van der Waals surface area contributed by atoms with Gasteiger partial charge in [-0.25, -0.2) is 0 Å². The van der Waals surface area contributed by atoms with Gasteiger partial charge in [-0.15, -0.1) is 0 Å². The van der Waals surface area contributed by atoms with Crippen LogP contribution >= 0.6 is 0 Å². The minimum absolute atomic E-state index is 0.0303.